The van der Waals surface area contributed by atoms with Crippen molar-refractivity contribution >= 4 is 33.4 Å². The quantitative estimate of drug-likeness (QED) is 0.917. The Balaban J connectivity index is 1.96. The Morgan fingerprint density at radius 1 is 1.38 bits per heavy atom. The monoisotopic (exact) mass is 351 g/mol. The number of likely N-dealkylation sites (N-methyl/N-ethyl adjacent to an activating group) is 1. The number of hydrogen-bond donors (Lipinski definition) is 1. The Morgan fingerprint density at radius 2 is 2.10 bits per heavy atom. The molecule has 1 heterocycles. The van der Waals surface area contributed by atoms with Gasteiger partial charge < -0.3 is 14.7 Å². The van der Waals surface area contributed by atoms with Crippen LogP contribution in [0.4, 0.5) is 5.69 Å². The van der Waals surface area contributed by atoms with Crippen LogP contribution in [0.25, 0.3) is 0 Å². The summed E-state index contributed by atoms with van der Waals surface area (Å²) in [4.78, 5) is 25.3. The van der Waals surface area contributed by atoms with E-state index in [4.69, 9.17) is 4.52 Å². The van der Waals surface area contributed by atoms with Crippen LogP contribution >= 0.6 is 15.9 Å². The molecule has 0 unspecified atom stereocenters. The number of nitrogens with zero attached hydrogens (tertiary/aromatic N) is 2. The summed E-state index contributed by atoms with van der Waals surface area (Å²) in [5, 5.41) is 6.37. The minimum Gasteiger partial charge on any atom is -0.361 e. The fraction of sp³-hybridized carbons (Fsp3) is 0.214. The normalized spacial score (nSPS) is 10.2. The van der Waals surface area contributed by atoms with Crippen molar-refractivity contribution in [3.8, 4) is 0 Å². The van der Waals surface area contributed by atoms with Gasteiger partial charge in [-0.1, -0.05) is 17.3 Å². The lowest BCUT2D eigenvalue weighted by Gasteiger charge is -2.15. The van der Waals surface area contributed by atoms with E-state index in [1.807, 2.05) is 18.2 Å². The van der Waals surface area contributed by atoms with Crippen molar-refractivity contribution in [1.82, 2.24) is 10.1 Å². The molecule has 110 valence electrons. The second kappa shape index (κ2) is 6.53. The van der Waals surface area contributed by atoms with E-state index in [1.54, 1.807) is 13.0 Å². The molecule has 0 fully saturated rings. The van der Waals surface area contributed by atoms with Crippen molar-refractivity contribution in [1.29, 1.82) is 0 Å². The maximum Gasteiger partial charge on any atom is 0.276 e. The summed E-state index contributed by atoms with van der Waals surface area (Å²) in [7, 11) is 1.53. The van der Waals surface area contributed by atoms with E-state index in [9.17, 15) is 9.59 Å². The first-order valence-electron chi connectivity index (χ1n) is 6.20. The number of rotatable bonds is 4. The van der Waals surface area contributed by atoms with Gasteiger partial charge in [0.25, 0.3) is 5.91 Å². The summed E-state index contributed by atoms with van der Waals surface area (Å²) in [6.07, 6.45) is 0. The van der Waals surface area contributed by atoms with E-state index < -0.39 is 0 Å². The molecular weight excluding hydrogens is 338 g/mol. The molecule has 2 aromatic rings. The summed E-state index contributed by atoms with van der Waals surface area (Å²) < 4.78 is 5.63. The number of amides is 2. The number of aromatic nitrogens is 1. The number of hydrogen-bond acceptors (Lipinski definition) is 4. The summed E-state index contributed by atoms with van der Waals surface area (Å²) >= 11 is 3.34. The van der Waals surface area contributed by atoms with Crippen molar-refractivity contribution in [2.24, 2.45) is 0 Å². The summed E-state index contributed by atoms with van der Waals surface area (Å²) in [6, 6.07) is 8.79. The van der Waals surface area contributed by atoms with Crippen LogP contribution in [0.3, 0.4) is 0 Å². The fourth-order valence-electron chi connectivity index (χ4n) is 1.70. The molecule has 0 spiro atoms. The highest BCUT2D eigenvalue weighted by Gasteiger charge is 2.18. The minimum absolute atomic E-state index is 0.0773. The van der Waals surface area contributed by atoms with E-state index in [1.165, 1.54) is 18.0 Å². The molecule has 1 aromatic heterocycles. The van der Waals surface area contributed by atoms with Gasteiger partial charge in [-0.25, -0.2) is 0 Å². The van der Waals surface area contributed by atoms with E-state index in [-0.39, 0.29) is 24.1 Å². The predicted octanol–water partition coefficient (Wildman–Crippen LogP) is 2.46. The second-order valence-electron chi connectivity index (χ2n) is 4.51. The van der Waals surface area contributed by atoms with Crippen molar-refractivity contribution in [2.75, 3.05) is 18.9 Å². The third kappa shape index (κ3) is 3.91. The highest BCUT2D eigenvalue weighted by atomic mass is 79.9. The zero-order chi connectivity index (χ0) is 15.4. The Bertz CT molecular complexity index is 669. The molecule has 21 heavy (non-hydrogen) atoms. The van der Waals surface area contributed by atoms with Crippen LogP contribution in [0, 0.1) is 6.92 Å². The molecule has 2 amide bonds. The highest BCUT2D eigenvalue weighted by Crippen LogP contribution is 2.21. The molecule has 0 aliphatic carbocycles. The Kier molecular flexibility index (Phi) is 4.74. The first-order valence-corrected chi connectivity index (χ1v) is 7.00. The number of nitrogens with one attached hydrogen (secondary N) is 1. The van der Waals surface area contributed by atoms with E-state index in [0.29, 0.717) is 11.4 Å². The maximum atomic E-state index is 12.0. The number of carbonyl (C=O) groups is 2. The first kappa shape index (κ1) is 15.2. The first-order chi connectivity index (χ1) is 9.97. The topological polar surface area (TPSA) is 75.4 Å². The number of aryl methyl sites for hydroxylation is 1. The molecule has 1 aromatic carbocycles. The number of benzene rings is 1. The predicted molar refractivity (Wildman–Crippen MR) is 81.0 cm³/mol. The number of halogens is 1. The number of anilines is 1. The fourth-order valence-corrected chi connectivity index (χ4v) is 2.09. The van der Waals surface area contributed by atoms with Crippen LogP contribution in [0.2, 0.25) is 0 Å². The lowest BCUT2D eigenvalue weighted by molar-refractivity contribution is -0.116. The van der Waals surface area contributed by atoms with Gasteiger partial charge in [0.2, 0.25) is 5.91 Å². The van der Waals surface area contributed by atoms with Gasteiger partial charge in [0, 0.05) is 17.6 Å². The maximum absolute atomic E-state index is 12.0. The zero-order valence-corrected chi connectivity index (χ0v) is 13.2. The van der Waals surface area contributed by atoms with Gasteiger partial charge in [-0.2, -0.15) is 0 Å². The lowest BCUT2D eigenvalue weighted by atomic mass is 10.3. The molecule has 0 atom stereocenters. The summed E-state index contributed by atoms with van der Waals surface area (Å²) in [5.74, 6) is -0.114. The van der Waals surface area contributed by atoms with Crippen LogP contribution < -0.4 is 5.32 Å². The molecule has 1 N–H and O–H groups in total. The molecule has 7 heteroatoms. The van der Waals surface area contributed by atoms with Gasteiger partial charge in [0.1, 0.15) is 5.76 Å². The van der Waals surface area contributed by atoms with Crippen LogP contribution in [0.5, 0.6) is 0 Å². The van der Waals surface area contributed by atoms with Crippen LogP contribution in [0.15, 0.2) is 39.3 Å². The molecule has 0 radical (unpaired) electrons. The second-order valence-corrected chi connectivity index (χ2v) is 5.37. The Labute approximate surface area is 130 Å². The largest absolute Gasteiger partial charge is 0.361 e. The van der Waals surface area contributed by atoms with E-state index in [0.717, 1.165) is 4.47 Å². The molecule has 0 bridgehead atoms. The third-order valence-electron chi connectivity index (χ3n) is 2.72. The van der Waals surface area contributed by atoms with Crippen molar-refractivity contribution in [3.63, 3.8) is 0 Å². The molecule has 2 rings (SSSR count). The van der Waals surface area contributed by atoms with Crippen LogP contribution in [-0.2, 0) is 4.79 Å². The smallest absolute Gasteiger partial charge is 0.276 e. The Morgan fingerprint density at radius 3 is 2.71 bits per heavy atom. The van der Waals surface area contributed by atoms with Gasteiger partial charge in [-0.3, -0.25) is 9.59 Å². The third-order valence-corrected chi connectivity index (χ3v) is 3.41. The van der Waals surface area contributed by atoms with Crippen LogP contribution in [0.1, 0.15) is 16.2 Å². The number of carbonyl (C=O) groups excluding carboxylic acids is 2. The van der Waals surface area contributed by atoms with Gasteiger partial charge in [0.05, 0.1) is 12.2 Å². The highest BCUT2D eigenvalue weighted by molar-refractivity contribution is 9.10. The standard InChI is InChI=1S/C14H14BrN3O3/c1-9-7-12(17-21-9)14(20)18(2)8-13(19)16-11-6-4-3-5-10(11)15/h3-7H,8H2,1-2H3,(H,16,19). The molecule has 0 aliphatic rings. The van der Waals surface area contributed by atoms with Gasteiger partial charge in [-0.05, 0) is 35.0 Å². The van der Waals surface area contributed by atoms with Gasteiger partial charge in [0.15, 0.2) is 5.69 Å². The van der Waals surface area contributed by atoms with Crippen molar-refractivity contribution in [3.05, 3.63) is 46.3 Å². The zero-order valence-electron chi connectivity index (χ0n) is 11.6. The molecule has 6 nitrogen and oxygen atoms in total. The van der Waals surface area contributed by atoms with Gasteiger partial charge in [-0.15, -0.1) is 0 Å². The minimum atomic E-state index is -0.367. The summed E-state index contributed by atoms with van der Waals surface area (Å²) in [6.45, 7) is 1.62. The number of para-hydroxylation sites is 1. The average molecular weight is 352 g/mol. The molecule has 0 saturated heterocycles. The van der Waals surface area contributed by atoms with Crippen molar-refractivity contribution in [2.45, 2.75) is 6.92 Å². The lowest BCUT2D eigenvalue weighted by Crippen LogP contribution is -2.35. The van der Waals surface area contributed by atoms with E-state index >= 15 is 0 Å². The summed E-state index contributed by atoms with van der Waals surface area (Å²) in [5.41, 5.74) is 0.837. The van der Waals surface area contributed by atoms with Crippen molar-refractivity contribution < 1.29 is 14.1 Å². The Hall–Kier alpha value is -2.15. The average Bonchev–Trinajstić information content (AvgIpc) is 2.87. The van der Waals surface area contributed by atoms with Crippen LogP contribution in [-0.4, -0.2) is 35.5 Å². The van der Waals surface area contributed by atoms with E-state index in [2.05, 4.69) is 26.4 Å². The molecule has 0 saturated carbocycles. The molecular formula is C14H14BrN3O3. The molecule has 0 aliphatic heterocycles. The SMILES string of the molecule is Cc1cc(C(=O)N(C)CC(=O)Nc2ccccc2Br)no1. The van der Waals surface area contributed by atoms with Gasteiger partial charge >= 0.3 is 0 Å².